The van der Waals surface area contributed by atoms with Crippen LogP contribution in [0.25, 0.3) is 0 Å². The second kappa shape index (κ2) is 4.60. The summed E-state index contributed by atoms with van der Waals surface area (Å²) in [7, 11) is 0. The summed E-state index contributed by atoms with van der Waals surface area (Å²) in [5, 5.41) is 21.0. The molecule has 0 amide bonds. The smallest absolute Gasteiger partial charge is 0.0675 e. The molecule has 0 saturated heterocycles. The maximum Gasteiger partial charge on any atom is 0.0675 e. The zero-order valence-electron chi connectivity index (χ0n) is 14.4. The lowest BCUT2D eigenvalue weighted by molar-refractivity contribution is -0.115. The average molecular weight is 304 g/mol. The third-order valence-corrected chi connectivity index (χ3v) is 8.64. The third kappa shape index (κ3) is 1.80. The number of rotatable bonds is 0. The van der Waals surface area contributed by atoms with E-state index in [-0.39, 0.29) is 11.5 Å². The van der Waals surface area contributed by atoms with E-state index in [9.17, 15) is 10.2 Å². The fraction of sp³-hybridized carbons (Fsp3) is 0.900. The quantitative estimate of drug-likeness (QED) is 0.663. The minimum atomic E-state index is -0.476. The summed E-state index contributed by atoms with van der Waals surface area (Å²) in [4.78, 5) is 0. The molecule has 4 rings (SSSR count). The molecule has 2 nitrogen and oxygen atoms in total. The Kier molecular flexibility index (Phi) is 3.18. The van der Waals surface area contributed by atoms with Crippen LogP contribution >= 0.6 is 0 Å². The monoisotopic (exact) mass is 304 g/mol. The summed E-state index contributed by atoms with van der Waals surface area (Å²) in [5.41, 5.74) is 1.50. The summed E-state index contributed by atoms with van der Waals surface area (Å²) in [6.07, 6.45) is 11.2. The van der Waals surface area contributed by atoms with Crippen LogP contribution in [0.15, 0.2) is 11.6 Å². The van der Waals surface area contributed by atoms with Crippen molar-refractivity contribution in [3.63, 3.8) is 0 Å². The van der Waals surface area contributed by atoms with E-state index in [1.807, 2.05) is 0 Å². The molecule has 0 aromatic carbocycles. The highest BCUT2D eigenvalue weighted by Gasteiger charge is 2.61. The van der Waals surface area contributed by atoms with Crippen molar-refractivity contribution in [2.24, 2.45) is 28.6 Å². The molecule has 0 heterocycles. The van der Waals surface area contributed by atoms with Crippen molar-refractivity contribution in [3.05, 3.63) is 11.6 Å². The minimum Gasteiger partial charge on any atom is -0.393 e. The van der Waals surface area contributed by atoms with Crippen LogP contribution in [-0.4, -0.2) is 21.9 Å². The van der Waals surface area contributed by atoms with Gasteiger partial charge in [-0.3, -0.25) is 0 Å². The molecule has 3 saturated carbocycles. The van der Waals surface area contributed by atoms with E-state index in [1.54, 1.807) is 5.57 Å². The van der Waals surface area contributed by atoms with Crippen molar-refractivity contribution < 1.29 is 10.2 Å². The Morgan fingerprint density at radius 3 is 2.50 bits per heavy atom. The Bertz CT molecular complexity index is 508. The Morgan fingerprint density at radius 2 is 1.73 bits per heavy atom. The van der Waals surface area contributed by atoms with Gasteiger partial charge in [0.1, 0.15) is 0 Å². The van der Waals surface area contributed by atoms with Gasteiger partial charge in [-0.2, -0.15) is 0 Å². The summed E-state index contributed by atoms with van der Waals surface area (Å²) in [5.74, 6) is 2.20. The first-order chi connectivity index (χ1) is 10.3. The molecule has 4 aliphatic rings. The lowest BCUT2D eigenvalue weighted by Crippen LogP contribution is -2.53. The van der Waals surface area contributed by atoms with E-state index in [2.05, 4.69) is 26.8 Å². The van der Waals surface area contributed by atoms with Gasteiger partial charge in [0.05, 0.1) is 11.7 Å². The predicted octanol–water partition coefficient (Wildman–Crippen LogP) is 4.06. The molecular weight excluding hydrogens is 272 g/mol. The van der Waals surface area contributed by atoms with Crippen molar-refractivity contribution in [2.75, 3.05) is 0 Å². The fourth-order valence-corrected chi connectivity index (χ4v) is 6.89. The van der Waals surface area contributed by atoms with Gasteiger partial charge in [-0.25, -0.2) is 0 Å². The fourth-order valence-electron chi connectivity index (χ4n) is 6.89. The first kappa shape index (κ1) is 15.2. The molecule has 2 heteroatoms. The maximum atomic E-state index is 10.9. The molecule has 0 aromatic rings. The van der Waals surface area contributed by atoms with Gasteiger partial charge in [0, 0.05) is 0 Å². The molecule has 0 aromatic heterocycles. The van der Waals surface area contributed by atoms with E-state index < -0.39 is 5.60 Å². The minimum absolute atomic E-state index is 0.114. The van der Waals surface area contributed by atoms with Gasteiger partial charge >= 0.3 is 0 Å². The molecule has 0 aliphatic heterocycles. The van der Waals surface area contributed by atoms with Crippen molar-refractivity contribution in [1.29, 1.82) is 0 Å². The summed E-state index contributed by atoms with van der Waals surface area (Å²) >= 11 is 0. The predicted molar refractivity (Wildman–Crippen MR) is 88.3 cm³/mol. The SMILES string of the molecule is CC12CC[C@H](O)CC1=CCC1C2CCC2(C)C1CC[C@@]2(C)O. The molecule has 22 heavy (non-hydrogen) atoms. The highest BCUT2D eigenvalue weighted by molar-refractivity contribution is 5.26. The van der Waals surface area contributed by atoms with E-state index in [0.717, 1.165) is 37.5 Å². The van der Waals surface area contributed by atoms with Gasteiger partial charge in [0.15, 0.2) is 0 Å². The molecule has 7 atom stereocenters. The van der Waals surface area contributed by atoms with Gasteiger partial charge in [-0.15, -0.1) is 0 Å². The Morgan fingerprint density at radius 1 is 1.00 bits per heavy atom. The van der Waals surface area contributed by atoms with E-state index >= 15 is 0 Å². The van der Waals surface area contributed by atoms with Crippen molar-refractivity contribution in [2.45, 2.75) is 83.8 Å². The number of aliphatic hydroxyl groups is 2. The summed E-state index contributed by atoms with van der Waals surface area (Å²) < 4.78 is 0. The molecule has 2 N–H and O–H groups in total. The Hall–Kier alpha value is -0.340. The molecule has 0 radical (unpaired) electrons. The number of hydrogen-bond acceptors (Lipinski definition) is 2. The van der Waals surface area contributed by atoms with Crippen LogP contribution in [0.5, 0.6) is 0 Å². The van der Waals surface area contributed by atoms with Gasteiger partial charge in [-0.1, -0.05) is 25.5 Å². The molecule has 5 unspecified atom stereocenters. The highest BCUT2D eigenvalue weighted by atomic mass is 16.3. The number of fused-ring (bicyclic) bond motifs is 5. The zero-order valence-corrected chi connectivity index (χ0v) is 14.4. The van der Waals surface area contributed by atoms with Crippen molar-refractivity contribution >= 4 is 0 Å². The standard InChI is InChI=1S/C20H32O2/c1-18-9-6-14(21)12-13(18)4-5-15-16(18)7-10-19(2)17(15)8-11-20(19,3)22/h4,14-17,21-22H,5-12H2,1-3H3/t14-,15?,16?,17?,18?,19?,20+/m0/s1. The van der Waals surface area contributed by atoms with Gasteiger partial charge in [0.25, 0.3) is 0 Å². The van der Waals surface area contributed by atoms with Gasteiger partial charge < -0.3 is 10.2 Å². The zero-order chi connectivity index (χ0) is 15.8. The van der Waals surface area contributed by atoms with Crippen LogP contribution in [0.4, 0.5) is 0 Å². The molecule has 0 spiro atoms. The molecule has 3 fully saturated rings. The van der Waals surface area contributed by atoms with E-state index in [0.29, 0.717) is 11.3 Å². The van der Waals surface area contributed by atoms with Crippen LogP contribution in [0.3, 0.4) is 0 Å². The van der Waals surface area contributed by atoms with Gasteiger partial charge in [0.2, 0.25) is 0 Å². The molecular formula is C20H32O2. The maximum absolute atomic E-state index is 10.9. The first-order valence-corrected chi connectivity index (χ1v) is 9.38. The number of hydrogen-bond donors (Lipinski definition) is 2. The number of allylic oxidation sites excluding steroid dienone is 1. The molecule has 4 aliphatic carbocycles. The topological polar surface area (TPSA) is 40.5 Å². The largest absolute Gasteiger partial charge is 0.393 e. The van der Waals surface area contributed by atoms with Crippen LogP contribution in [0, 0.1) is 28.6 Å². The third-order valence-electron chi connectivity index (χ3n) is 8.64. The normalized spacial score (nSPS) is 57.6. The van der Waals surface area contributed by atoms with Crippen LogP contribution < -0.4 is 0 Å². The van der Waals surface area contributed by atoms with Crippen molar-refractivity contribution in [3.8, 4) is 0 Å². The second-order valence-corrected chi connectivity index (χ2v) is 9.42. The lowest BCUT2D eigenvalue weighted by atomic mass is 9.47. The van der Waals surface area contributed by atoms with Gasteiger partial charge in [-0.05, 0) is 86.9 Å². The summed E-state index contributed by atoms with van der Waals surface area (Å²) in [6, 6.07) is 0. The van der Waals surface area contributed by atoms with Crippen LogP contribution in [0.2, 0.25) is 0 Å². The summed E-state index contributed by atoms with van der Waals surface area (Å²) in [6.45, 7) is 6.90. The van der Waals surface area contributed by atoms with E-state index in [4.69, 9.17) is 0 Å². The number of aliphatic hydroxyl groups excluding tert-OH is 1. The van der Waals surface area contributed by atoms with E-state index in [1.165, 1.54) is 25.7 Å². The first-order valence-electron chi connectivity index (χ1n) is 9.38. The lowest BCUT2D eigenvalue weighted by Gasteiger charge is -2.58. The van der Waals surface area contributed by atoms with Crippen LogP contribution in [0.1, 0.15) is 72.1 Å². The average Bonchev–Trinajstić information content (AvgIpc) is 2.70. The highest BCUT2D eigenvalue weighted by Crippen LogP contribution is 2.66. The molecule has 0 bridgehead atoms. The Balaban J connectivity index is 1.69. The van der Waals surface area contributed by atoms with Crippen molar-refractivity contribution in [1.82, 2.24) is 0 Å². The second-order valence-electron chi connectivity index (χ2n) is 9.42. The Labute approximate surface area is 135 Å². The van der Waals surface area contributed by atoms with Crippen LogP contribution in [-0.2, 0) is 0 Å². The molecule has 124 valence electrons.